The van der Waals surface area contributed by atoms with Crippen molar-refractivity contribution >= 4 is 9.84 Å². The third kappa shape index (κ3) is 3.12. The average Bonchev–Trinajstić information content (AvgIpc) is 3.05. The van der Waals surface area contributed by atoms with Gasteiger partial charge in [0.2, 0.25) is 0 Å². The van der Waals surface area contributed by atoms with Crippen molar-refractivity contribution in [3.63, 3.8) is 0 Å². The van der Waals surface area contributed by atoms with E-state index in [4.69, 9.17) is 0 Å². The van der Waals surface area contributed by atoms with Crippen LogP contribution in [0.25, 0.3) is 0 Å². The SMILES string of the molecule is CC(NCc1ccc(S(C)(=O)=O)cc1)C1(C)CC1. The van der Waals surface area contributed by atoms with E-state index < -0.39 is 9.84 Å². The summed E-state index contributed by atoms with van der Waals surface area (Å²) in [4.78, 5) is 0.383. The first-order chi connectivity index (χ1) is 8.31. The van der Waals surface area contributed by atoms with E-state index in [0.29, 0.717) is 16.4 Å². The molecule has 0 heterocycles. The van der Waals surface area contributed by atoms with Gasteiger partial charge in [-0.05, 0) is 42.9 Å². The molecule has 0 spiro atoms. The average molecular weight is 267 g/mol. The van der Waals surface area contributed by atoms with Gasteiger partial charge in [-0.1, -0.05) is 19.1 Å². The van der Waals surface area contributed by atoms with Crippen LogP contribution in [0.2, 0.25) is 0 Å². The zero-order valence-electron chi connectivity index (χ0n) is 11.2. The molecule has 0 aromatic heterocycles. The zero-order valence-corrected chi connectivity index (χ0v) is 12.0. The lowest BCUT2D eigenvalue weighted by molar-refractivity contribution is 0.380. The van der Waals surface area contributed by atoms with Crippen molar-refractivity contribution in [3.8, 4) is 0 Å². The minimum absolute atomic E-state index is 0.383. The van der Waals surface area contributed by atoms with E-state index in [0.717, 1.165) is 12.1 Å². The lowest BCUT2D eigenvalue weighted by Gasteiger charge is -2.20. The summed E-state index contributed by atoms with van der Waals surface area (Å²) in [6.07, 6.45) is 3.83. The Morgan fingerprint density at radius 2 is 1.83 bits per heavy atom. The van der Waals surface area contributed by atoms with E-state index in [1.807, 2.05) is 12.1 Å². The maximum atomic E-state index is 11.3. The summed E-state index contributed by atoms with van der Waals surface area (Å²) in [6.45, 7) is 5.32. The second-order valence-electron chi connectivity index (χ2n) is 5.67. The highest BCUT2D eigenvalue weighted by atomic mass is 32.2. The van der Waals surface area contributed by atoms with Gasteiger partial charge in [-0.3, -0.25) is 0 Å². The molecule has 0 aliphatic heterocycles. The Bertz CT molecular complexity index is 515. The zero-order chi connectivity index (χ0) is 13.4. The molecule has 0 saturated heterocycles. The lowest BCUT2D eigenvalue weighted by atomic mass is 10.0. The van der Waals surface area contributed by atoms with Crippen LogP contribution >= 0.6 is 0 Å². The van der Waals surface area contributed by atoms with E-state index in [1.165, 1.54) is 19.1 Å². The van der Waals surface area contributed by atoms with Gasteiger partial charge in [0.1, 0.15) is 0 Å². The van der Waals surface area contributed by atoms with E-state index in [-0.39, 0.29) is 0 Å². The van der Waals surface area contributed by atoms with Gasteiger partial charge < -0.3 is 5.32 Å². The molecule has 1 aromatic rings. The fourth-order valence-electron chi connectivity index (χ4n) is 2.00. The fraction of sp³-hybridized carbons (Fsp3) is 0.571. The van der Waals surface area contributed by atoms with Crippen molar-refractivity contribution in [3.05, 3.63) is 29.8 Å². The molecular formula is C14H21NO2S. The van der Waals surface area contributed by atoms with Gasteiger partial charge in [0, 0.05) is 18.8 Å². The summed E-state index contributed by atoms with van der Waals surface area (Å²) in [6, 6.07) is 7.62. The molecule has 0 radical (unpaired) electrons. The number of benzene rings is 1. The van der Waals surface area contributed by atoms with Crippen molar-refractivity contribution in [2.75, 3.05) is 6.26 Å². The molecular weight excluding hydrogens is 246 g/mol. The van der Waals surface area contributed by atoms with Crippen LogP contribution in [0.1, 0.15) is 32.3 Å². The number of nitrogens with one attached hydrogen (secondary N) is 1. The topological polar surface area (TPSA) is 46.2 Å². The third-order valence-corrected chi connectivity index (χ3v) is 5.18. The monoisotopic (exact) mass is 267 g/mol. The second kappa shape index (κ2) is 4.67. The minimum atomic E-state index is -3.08. The van der Waals surface area contributed by atoms with E-state index >= 15 is 0 Å². The smallest absolute Gasteiger partial charge is 0.175 e. The summed E-state index contributed by atoms with van der Waals surface area (Å²) in [5.41, 5.74) is 1.59. The molecule has 1 aliphatic rings. The van der Waals surface area contributed by atoms with Crippen LogP contribution in [-0.2, 0) is 16.4 Å². The summed E-state index contributed by atoms with van der Waals surface area (Å²) < 4.78 is 22.7. The molecule has 1 fully saturated rings. The van der Waals surface area contributed by atoms with Crippen molar-refractivity contribution in [2.45, 2.75) is 44.2 Å². The van der Waals surface area contributed by atoms with Crippen LogP contribution in [-0.4, -0.2) is 20.7 Å². The van der Waals surface area contributed by atoms with Crippen LogP contribution < -0.4 is 5.32 Å². The Morgan fingerprint density at radius 1 is 1.28 bits per heavy atom. The molecule has 0 bridgehead atoms. The molecule has 1 saturated carbocycles. The highest BCUT2D eigenvalue weighted by Crippen LogP contribution is 2.47. The van der Waals surface area contributed by atoms with Gasteiger partial charge >= 0.3 is 0 Å². The number of hydrogen-bond donors (Lipinski definition) is 1. The van der Waals surface area contributed by atoms with Gasteiger partial charge in [-0.2, -0.15) is 0 Å². The maximum absolute atomic E-state index is 11.3. The van der Waals surface area contributed by atoms with E-state index in [1.54, 1.807) is 12.1 Å². The fourth-order valence-corrected chi connectivity index (χ4v) is 2.63. The third-order valence-electron chi connectivity index (χ3n) is 4.05. The number of hydrogen-bond acceptors (Lipinski definition) is 3. The molecule has 2 rings (SSSR count). The standard InChI is InChI=1S/C14H21NO2S/c1-11(14(2)8-9-14)15-10-12-4-6-13(7-5-12)18(3,16)17/h4-7,11,15H,8-10H2,1-3H3. The van der Waals surface area contributed by atoms with E-state index in [9.17, 15) is 8.42 Å². The highest BCUT2D eigenvalue weighted by molar-refractivity contribution is 7.90. The summed E-state index contributed by atoms with van der Waals surface area (Å²) in [7, 11) is -3.08. The number of sulfone groups is 1. The first-order valence-corrected chi connectivity index (χ1v) is 8.23. The Hall–Kier alpha value is -0.870. The predicted molar refractivity (Wildman–Crippen MR) is 73.2 cm³/mol. The molecule has 1 atom stereocenters. The first-order valence-electron chi connectivity index (χ1n) is 6.34. The van der Waals surface area contributed by atoms with Crippen LogP contribution in [0.5, 0.6) is 0 Å². The minimum Gasteiger partial charge on any atom is -0.310 e. The van der Waals surface area contributed by atoms with Crippen LogP contribution in [0.15, 0.2) is 29.2 Å². The quantitative estimate of drug-likeness (QED) is 0.891. The van der Waals surface area contributed by atoms with Crippen LogP contribution in [0, 0.1) is 5.41 Å². The molecule has 4 heteroatoms. The van der Waals surface area contributed by atoms with Crippen molar-refractivity contribution in [1.29, 1.82) is 0 Å². The van der Waals surface area contributed by atoms with Gasteiger partial charge in [0.15, 0.2) is 9.84 Å². The van der Waals surface area contributed by atoms with Crippen LogP contribution in [0.4, 0.5) is 0 Å². The van der Waals surface area contributed by atoms with Crippen molar-refractivity contribution in [1.82, 2.24) is 5.32 Å². The molecule has 18 heavy (non-hydrogen) atoms. The van der Waals surface area contributed by atoms with E-state index in [2.05, 4.69) is 19.2 Å². The maximum Gasteiger partial charge on any atom is 0.175 e. The van der Waals surface area contributed by atoms with Gasteiger partial charge in [0.25, 0.3) is 0 Å². The van der Waals surface area contributed by atoms with Gasteiger partial charge in [0.05, 0.1) is 4.90 Å². The molecule has 100 valence electrons. The summed E-state index contributed by atoms with van der Waals surface area (Å²) in [5, 5.41) is 3.51. The Morgan fingerprint density at radius 3 is 2.28 bits per heavy atom. The largest absolute Gasteiger partial charge is 0.310 e. The number of rotatable bonds is 5. The normalized spacial score (nSPS) is 19.5. The van der Waals surface area contributed by atoms with Crippen molar-refractivity contribution in [2.24, 2.45) is 5.41 Å². The first kappa shape index (κ1) is 13.6. The molecule has 0 amide bonds. The lowest BCUT2D eigenvalue weighted by Crippen LogP contribution is -2.32. The predicted octanol–water partition coefficient (Wildman–Crippen LogP) is 2.37. The van der Waals surface area contributed by atoms with Gasteiger partial charge in [-0.15, -0.1) is 0 Å². The summed E-state index contributed by atoms with van der Waals surface area (Å²) >= 11 is 0. The van der Waals surface area contributed by atoms with Crippen LogP contribution in [0.3, 0.4) is 0 Å². The highest BCUT2D eigenvalue weighted by Gasteiger charge is 2.42. The molecule has 1 aromatic carbocycles. The molecule has 1 aliphatic carbocycles. The Kier molecular flexibility index (Phi) is 3.52. The Labute approximate surface area is 110 Å². The Balaban J connectivity index is 1.95. The molecule has 1 N–H and O–H groups in total. The van der Waals surface area contributed by atoms with Gasteiger partial charge in [-0.25, -0.2) is 8.42 Å². The molecule has 1 unspecified atom stereocenters. The summed E-state index contributed by atoms with van der Waals surface area (Å²) in [5.74, 6) is 0. The second-order valence-corrected chi connectivity index (χ2v) is 7.69. The van der Waals surface area contributed by atoms with Crippen molar-refractivity contribution < 1.29 is 8.42 Å². The molecule has 3 nitrogen and oxygen atoms in total.